The second-order valence-electron chi connectivity index (χ2n) is 5.97. The second-order valence-corrected chi connectivity index (χ2v) is 8.44. The van der Waals surface area contributed by atoms with E-state index in [0.717, 1.165) is 12.8 Å². The minimum Gasteiger partial charge on any atom is -0.337 e. The lowest BCUT2D eigenvalue weighted by Gasteiger charge is -2.33. The highest BCUT2D eigenvalue weighted by molar-refractivity contribution is 7.92. The van der Waals surface area contributed by atoms with E-state index in [1.54, 1.807) is 36.9 Å². The molecule has 122 valence electrons. The van der Waals surface area contributed by atoms with Crippen LogP contribution in [0.5, 0.6) is 0 Å². The summed E-state index contributed by atoms with van der Waals surface area (Å²) < 4.78 is 25.0. The van der Waals surface area contributed by atoms with E-state index in [4.69, 9.17) is 0 Å². The molecule has 1 aromatic carbocycles. The summed E-state index contributed by atoms with van der Waals surface area (Å²) in [4.78, 5) is 14.7. The normalized spacial score (nSPS) is 19.5. The van der Waals surface area contributed by atoms with E-state index in [0.29, 0.717) is 13.1 Å². The van der Waals surface area contributed by atoms with Crippen molar-refractivity contribution in [1.29, 1.82) is 0 Å². The lowest BCUT2D eigenvalue weighted by atomic mass is 10.0. The Hall–Kier alpha value is -1.40. The summed E-state index contributed by atoms with van der Waals surface area (Å²) in [6, 6.07) is 6.79. The Morgan fingerprint density at radius 3 is 2.64 bits per heavy atom. The number of carbonyl (C=O) groups is 1. The average Bonchev–Trinajstić information content (AvgIpc) is 2.54. The van der Waals surface area contributed by atoms with Gasteiger partial charge in [0.25, 0.3) is 5.91 Å². The number of sulfone groups is 1. The van der Waals surface area contributed by atoms with Gasteiger partial charge in [0.15, 0.2) is 9.84 Å². The molecular formula is C16H24N2O3S. The molecule has 2 rings (SSSR count). The molecule has 1 fully saturated rings. The third-order valence-corrected chi connectivity index (χ3v) is 6.37. The van der Waals surface area contributed by atoms with Crippen molar-refractivity contribution in [3.63, 3.8) is 0 Å². The fourth-order valence-electron chi connectivity index (χ4n) is 2.71. The Bertz CT molecular complexity index is 641. The zero-order valence-corrected chi connectivity index (χ0v) is 14.2. The van der Waals surface area contributed by atoms with Crippen LogP contribution in [-0.4, -0.2) is 50.7 Å². The lowest BCUT2D eigenvalue weighted by molar-refractivity contribution is 0.0694. The molecule has 1 aromatic rings. The van der Waals surface area contributed by atoms with Gasteiger partial charge in [-0.05, 0) is 45.9 Å². The number of piperidine rings is 1. The maximum atomic E-state index is 12.8. The van der Waals surface area contributed by atoms with E-state index in [9.17, 15) is 13.2 Å². The van der Waals surface area contributed by atoms with Crippen LogP contribution in [0, 0.1) is 0 Å². The van der Waals surface area contributed by atoms with Crippen molar-refractivity contribution in [3.05, 3.63) is 29.8 Å². The molecule has 1 atom stereocenters. The molecule has 1 amide bonds. The zero-order chi connectivity index (χ0) is 16.3. The molecule has 6 heteroatoms. The van der Waals surface area contributed by atoms with Gasteiger partial charge in [-0.1, -0.05) is 12.1 Å². The van der Waals surface area contributed by atoms with E-state index in [1.807, 2.05) is 7.05 Å². The molecular weight excluding hydrogens is 300 g/mol. The van der Waals surface area contributed by atoms with Crippen molar-refractivity contribution in [1.82, 2.24) is 10.2 Å². The van der Waals surface area contributed by atoms with Crippen molar-refractivity contribution in [2.24, 2.45) is 0 Å². The largest absolute Gasteiger partial charge is 0.337 e. The second kappa shape index (κ2) is 6.79. The van der Waals surface area contributed by atoms with Crippen LogP contribution in [0.25, 0.3) is 0 Å². The number of hydrogen-bond donors (Lipinski definition) is 1. The van der Waals surface area contributed by atoms with E-state index < -0.39 is 15.1 Å². The highest BCUT2D eigenvalue weighted by Gasteiger charge is 2.29. The summed E-state index contributed by atoms with van der Waals surface area (Å²) in [5, 5.41) is 2.64. The summed E-state index contributed by atoms with van der Waals surface area (Å²) in [7, 11) is -1.59. The van der Waals surface area contributed by atoms with Gasteiger partial charge in [0, 0.05) is 19.1 Å². The van der Waals surface area contributed by atoms with Gasteiger partial charge in [-0.2, -0.15) is 0 Å². The fraction of sp³-hybridized carbons (Fsp3) is 0.562. The molecule has 0 spiro atoms. The van der Waals surface area contributed by atoms with Gasteiger partial charge in [0.2, 0.25) is 0 Å². The van der Waals surface area contributed by atoms with Crippen LogP contribution < -0.4 is 5.32 Å². The van der Waals surface area contributed by atoms with Gasteiger partial charge >= 0.3 is 0 Å². The summed E-state index contributed by atoms with van der Waals surface area (Å²) in [5.74, 6) is -0.195. The van der Waals surface area contributed by atoms with Crippen molar-refractivity contribution in [2.75, 3.05) is 20.1 Å². The summed E-state index contributed by atoms with van der Waals surface area (Å²) >= 11 is 0. The van der Waals surface area contributed by atoms with Gasteiger partial charge < -0.3 is 10.2 Å². The first-order chi connectivity index (χ1) is 10.4. The molecule has 0 aliphatic carbocycles. The fourth-order valence-corrected chi connectivity index (χ4v) is 3.95. The molecule has 1 saturated heterocycles. The molecule has 0 saturated carbocycles. The average molecular weight is 324 g/mol. The zero-order valence-electron chi connectivity index (χ0n) is 13.4. The Labute approximate surface area is 132 Å². The number of likely N-dealkylation sites (tertiary alicyclic amines) is 1. The lowest BCUT2D eigenvalue weighted by Crippen LogP contribution is -2.47. The molecule has 0 bridgehead atoms. The minimum absolute atomic E-state index is 0.140. The molecule has 1 aliphatic heterocycles. The monoisotopic (exact) mass is 324 g/mol. The predicted octanol–water partition coefficient (Wildman–Crippen LogP) is 1.69. The highest BCUT2D eigenvalue weighted by Crippen LogP contribution is 2.23. The van der Waals surface area contributed by atoms with Crippen LogP contribution in [0.4, 0.5) is 0 Å². The third kappa shape index (κ3) is 3.33. The first kappa shape index (κ1) is 17.0. The van der Waals surface area contributed by atoms with Crippen LogP contribution in [0.3, 0.4) is 0 Å². The van der Waals surface area contributed by atoms with Crippen LogP contribution >= 0.6 is 0 Å². The molecule has 1 N–H and O–H groups in total. The number of likely N-dealkylation sites (N-methyl/N-ethyl adjacent to an activating group) is 1. The number of carbonyl (C=O) groups excluding carboxylic acids is 1. The summed E-state index contributed by atoms with van der Waals surface area (Å²) in [5.41, 5.74) is 0.285. The minimum atomic E-state index is -3.47. The number of benzene rings is 1. The Morgan fingerprint density at radius 1 is 1.32 bits per heavy atom. The van der Waals surface area contributed by atoms with Crippen molar-refractivity contribution in [3.8, 4) is 0 Å². The first-order valence-corrected chi connectivity index (χ1v) is 9.22. The Balaban J connectivity index is 2.35. The van der Waals surface area contributed by atoms with Gasteiger partial charge in [0.1, 0.15) is 0 Å². The van der Waals surface area contributed by atoms with Crippen LogP contribution in [0.1, 0.15) is 37.0 Å². The molecule has 5 nitrogen and oxygen atoms in total. The predicted molar refractivity (Wildman–Crippen MR) is 86.7 cm³/mol. The van der Waals surface area contributed by atoms with Crippen LogP contribution in [0.2, 0.25) is 0 Å². The quantitative estimate of drug-likeness (QED) is 0.915. The van der Waals surface area contributed by atoms with Gasteiger partial charge in [-0.3, -0.25) is 4.79 Å². The molecule has 22 heavy (non-hydrogen) atoms. The molecule has 1 aliphatic rings. The molecule has 0 unspecified atom stereocenters. The smallest absolute Gasteiger partial charge is 0.255 e. The van der Waals surface area contributed by atoms with E-state index in [2.05, 4.69) is 5.32 Å². The number of rotatable bonds is 4. The Morgan fingerprint density at radius 2 is 2.00 bits per heavy atom. The highest BCUT2D eigenvalue weighted by atomic mass is 32.2. The SMILES string of the molecule is CN[C@H]1CCCN(C(=O)c2ccccc2S(=O)(=O)C(C)C)C1. The van der Waals surface area contributed by atoms with Gasteiger partial charge in [-0.15, -0.1) is 0 Å². The van der Waals surface area contributed by atoms with Gasteiger partial charge in [-0.25, -0.2) is 8.42 Å². The molecule has 1 heterocycles. The number of hydrogen-bond acceptors (Lipinski definition) is 4. The van der Waals surface area contributed by atoms with Crippen LogP contribution in [0.15, 0.2) is 29.2 Å². The van der Waals surface area contributed by atoms with E-state index in [-0.39, 0.29) is 22.4 Å². The number of amides is 1. The third-order valence-electron chi connectivity index (χ3n) is 4.16. The summed E-state index contributed by atoms with van der Waals surface area (Å²) in [6.45, 7) is 4.56. The van der Waals surface area contributed by atoms with Crippen molar-refractivity contribution >= 4 is 15.7 Å². The van der Waals surface area contributed by atoms with E-state index in [1.165, 1.54) is 6.07 Å². The topological polar surface area (TPSA) is 66.5 Å². The first-order valence-electron chi connectivity index (χ1n) is 7.67. The van der Waals surface area contributed by atoms with Gasteiger partial charge in [0.05, 0.1) is 15.7 Å². The van der Waals surface area contributed by atoms with E-state index >= 15 is 0 Å². The van der Waals surface area contributed by atoms with Crippen LogP contribution in [-0.2, 0) is 9.84 Å². The Kier molecular flexibility index (Phi) is 5.24. The molecule has 0 aromatic heterocycles. The number of nitrogens with one attached hydrogen (secondary N) is 1. The summed E-state index contributed by atoms with van der Waals surface area (Å²) in [6.07, 6.45) is 1.96. The molecule has 0 radical (unpaired) electrons. The standard InChI is InChI=1S/C16H24N2O3S/c1-12(2)22(20,21)15-9-5-4-8-14(15)16(19)18-10-6-7-13(11-18)17-3/h4-5,8-9,12-13,17H,6-7,10-11H2,1-3H3/t13-/m0/s1. The van der Waals surface area contributed by atoms with Crippen molar-refractivity contribution < 1.29 is 13.2 Å². The maximum absolute atomic E-state index is 12.8. The maximum Gasteiger partial charge on any atom is 0.255 e. The van der Waals surface area contributed by atoms with Crippen molar-refractivity contribution in [2.45, 2.75) is 42.9 Å². The number of nitrogens with zero attached hydrogens (tertiary/aromatic N) is 1.